The lowest BCUT2D eigenvalue weighted by atomic mass is 9.99. The minimum absolute atomic E-state index is 0.551. The molecule has 3 heterocycles. The van der Waals surface area contributed by atoms with Crippen LogP contribution in [0.25, 0.3) is 0 Å². The van der Waals surface area contributed by atoms with Crippen molar-refractivity contribution in [1.29, 1.82) is 5.26 Å². The minimum atomic E-state index is 0.551. The molecule has 0 saturated carbocycles. The maximum atomic E-state index is 8.74. The predicted molar refractivity (Wildman–Crippen MR) is 74.0 cm³/mol. The van der Waals surface area contributed by atoms with Crippen molar-refractivity contribution < 1.29 is 0 Å². The maximum Gasteiger partial charge on any atom is 0.133 e. The van der Waals surface area contributed by atoms with Crippen molar-refractivity contribution in [2.75, 3.05) is 11.9 Å². The van der Waals surface area contributed by atoms with Crippen molar-refractivity contribution in [3.8, 4) is 6.07 Å². The molecule has 6 heteroatoms. The molecule has 0 fully saturated rings. The Bertz CT molecular complexity index is 637. The van der Waals surface area contributed by atoms with Crippen LogP contribution in [0.3, 0.4) is 0 Å². The first kappa shape index (κ1) is 12.6. The number of anilines is 1. The van der Waals surface area contributed by atoms with Crippen molar-refractivity contribution in [2.24, 2.45) is 5.92 Å². The normalized spacial score (nSPS) is 17.3. The van der Waals surface area contributed by atoms with Gasteiger partial charge in [0.05, 0.1) is 5.56 Å². The average molecular weight is 268 g/mol. The van der Waals surface area contributed by atoms with Gasteiger partial charge >= 0.3 is 0 Å². The summed E-state index contributed by atoms with van der Waals surface area (Å²) in [7, 11) is 0. The molecule has 1 aliphatic heterocycles. The number of aryl methyl sites for hydroxylation is 2. The molecule has 102 valence electrons. The van der Waals surface area contributed by atoms with E-state index in [9.17, 15) is 0 Å². The lowest BCUT2D eigenvalue weighted by Gasteiger charge is -2.24. The van der Waals surface area contributed by atoms with Gasteiger partial charge in [0.25, 0.3) is 0 Å². The topological polar surface area (TPSA) is 79.4 Å². The summed E-state index contributed by atoms with van der Waals surface area (Å²) in [6, 6.07) is 5.69. The van der Waals surface area contributed by atoms with E-state index in [1.54, 1.807) is 12.3 Å². The van der Waals surface area contributed by atoms with Gasteiger partial charge in [0.15, 0.2) is 0 Å². The van der Waals surface area contributed by atoms with Crippen LogP contribution < -0.4 is 5.32 Å². The molecule has 2 aromatic heterocycles. The Balaban J connectivity index is 1.59. The van der Waals surface area contributed by atoms with Gasteiger partial charge < -0.3 is 9.88 Å². The fourth-order valence-corrected chi connectivity index (χ4v) is 2.51. The molecule has 6 nitrogen and oxygen atoms in total. The van der Waals surface area contributed by atoms with Crippen molar-refractivity contribution in [2.45, 2.75) is 26.3 Å². The Hall–Kier alpha value is -2.42. The minimum Gasteiger partial charge on any atom is -0.370 e. The Morgan fingerprint density at radius 2 is 2.35 bits per heavy atom. The monoisotopic (exact) mass is 268 g/mol. The number of nitrogens with zero attached hydrogens (tertiary/aromatic N) is 5. The van der Waals surface area contributed by atoms with Gasteiger partial charge in [-0.2, -0.15) is 5.26 Å². The summed E-state index contributed by atoms with van der Waals surface area (Å²) < 4.78 is 2.20. The van der Waals surface area contributed by atoms with Gasteiger partial charge in [-0.1, -0.05) is 0 Å². The summed E-state index contributed by atoms with van der Waals surface area (Å²) in [5.41, 5.74) is 0.581. The van der Waals surface area contributed by atoms with E-state index in [0.29, 0.717) is 11.5 Å². The number of pyridine rings is 1. The predicted octanol–water partition coefficient (Wildman–Crippen LogP) is 1.53. The summed E-state index contributed by atoms with van der Waals surface area (Å²) >= 11 is 0. The Kier molecular flexibility index (Phi) is 3.33. The number of nitrogens with one attached hydrogen (secondary N) is 1. The standard InChI is InChI=1S/C14H16N6/c1-10-18-19-14-5-3-12(9-20(10)14)8-17-13-4-2-11(6-15)7-16-13/h2,4,7,12H,3,5,8-9H2,1H3,(H,16,17)/t12-/m0/s1. The lowest BCUT2D eigenvalue weighted by Crippen LogP contribution is -2.26. The van der Waals surface area contributed by atoms with Crippen LogP contribution in [0.4, 0.5) is 5.82 Å². The van der Waals surface area contributed by atoms with Crippen molar-refractivity contribution in [1.82, 2.24) is 19.7 Å². The van der Waals surface area contributed by atoms with Crippen LogP contribution in [0, 0.1) is 24.2 Å². The average Bonchev–Trinajstić information content (AvgIpc) is 2.87. The molecule has 0 unspecified atom stereocenters. The molecule has 0 amide bonds. The van der Waals surface area contributed by atoms with E-state index in [1.807, 2.05) is 13.0 Å². The highest BCUT2D eigenvalue weighted by atomic mass is 15.3. The van der Waals surface area contributed by atoms with E-state index in [2.05, 4.69) is 31.1 Å². The third-order valence-corrected chi connectivity index (χ3v) is 3.69. The fourth-order valence-electron chi connectivity index (χ4n) is 2.51. The highest BCUT2D eigenvalue weighted by molar-refractivity contribution is 5.38. The molecular weight excluding hydrogens is 252 g/mol. The molecule has 1 atom stereocenters. The number of hydrogen-bond donors (Lipinski definition) is 1. The van der Waals surface area contributed by atoms with Gasteiger partial charge in [-0.25, -0.2) is 4.98 Å². The van der Waals surface area contributed by atoms with Crippen LogP contribution in [-0.4, -0.2) is 26.3 Å². The first-order valence-electron chi connectivity index (χ1n) is 6.75. The van der Waals surface area contributed by atoms with Crippen LogP contribution in [0.5, 0.6) is 0 Å². The second-order valence-electron chi connectivity index (χ2n) is 5.10. The first-order valence-corrected chi connectivity index (χ1v) is 6.75. The largest absolute Gasteiger partial charge is 0.370 e. The van der Waals surface area contributed by atoms with Crippen LogP contribution in [0.15, 0.2) is 18.3 Å². The summed E-state index contributed by atoms with van der Waals surface area (Å²) in [4.78, 5) is 4.22. The van der Waals surface area contributed by atoms with Gasteiger partial charge in [0.2, 0.25) is 0 Å². The second kappa shape index (κ2) is 5.29. The SMILES string of the molecule is Cc1nnc2n1C[C@H](CNc1ccc(C#N)cn1)CC2. The van der Waals surface area contributed by atoms with Crippen LogP contribution in [0.1, 0.15) is 23.6 Å². The Morgan fingerprint density at radius 1 is 1.45 bits per heavy atom. The molecule has 3 rings (SSSR count). The number of rotatable bonds is 3. The number of fused-ring (bicyclic) bond motifs is 1. The number of aromatic nitrogens is 4. The molecule has 1 aliphatic rings. The molecule has 0 aliphatic carbocycles. The van der Waals surface area contributed by atoms with Gasteiger partial charge in [-0.05, 0) is 31.4 Å². The molecule has 0 bridgehead atoms. The quantitative estimate of drug-likeness (QED) is 0.913. The Morgan fingerprint density at radius 3 is 3.10 bits per heavy atom. The van der Waals surface area contributed by atoms with Gasteiger partial charge in [0.1, 0.15) is 23.5 Å². The fraction of sp³-hybridized carbons (Fsp3) is 0.429. The van der Waals surface area contributed by atoms with Gasteiger partial charge in [0, 0.05) is 25.7 Å². The Labute approximate surface area is 117 Å². The van der Waals surface area contributed by atoms with Crippen LogP contribution in [-0.2, 0) is 13.0 Å². The summed E-state index contributed by atoms with van der Waals surface area (Å²) in [6.45, 7) is 3.82. The molecule has 0 aromatic carbocycles. The van der Waals surface area contributed by atoms with E-state index in [1.165, 1.54) is 0 Å². The van der Waals surface area contributed by atoms with Crippen LogP contribution >= 0.6 is 0 Å². The first-order chi connectivity index (χ1) is 9.76. The second-order valence-corrected chi connectivity index (χ2v) is 5.10. The highest BCUT2D eigenvalue weighted by Gasteiger charge is 2.21. The van der Waals surface area contributed by atoms with E-state index < -0.39 is 0 Å². The molecule has 1 N–H and O–H groups in total. The van der Waals surface area contributed by atoms with E-state index in [-0.39, 0.29) is 0 Å². The molecule has 2 aromatic rings. The van der Waals surface area contributed by atoms with Crippen LogP contribution in [0.2, 0.25) is 0 Å². The third-order valence-electron chi connectivity index (χ3n) is 3.69. The lowest BCUT2D eigenvalue weighted by molar-refractivity contribution is 0.376. The van der Waals surface area contributed by atoms with E-state index >= 15 is 0 Å². The summed E-state index contributed by atoms with van der Waals surface area (Å²) in [5, 5.41) is 20.4. The smallest absolute Gasteiger partial charge is 0.133 e. The van der Waals surface area contributed by atoms with Gasteiger partial charge in [-0.3, -0.25) is 0 Å². The molecule has 0 saturated heterocycles. The zero-order chi connectivity index (χ0) is 13.9. The van der Waals surface area contributed by atoms with E-state index in [0.717, 1.165) is 43.4 Å². The zero-order valence-electron chi connectivity index (χ0n) is 11.4. The molecule has 0 spiro atoms. The molecule has 20 heavy (non-hydrogen) atoms. The van der Waals surface area contributed by atoms with Gasteiger partial charge in [-0.15, -0.1) is 10.2 Å². The number of hydrogen-bond acceptors (Lipinski definition) is 5. The van der Waals surface area contributed by atoms with E-state index in [4.69, 9.17) is 5.26 Å². The zero-order valence-corrected chi connectivity index (χ0v) is 11.4. The van der Waals surface area contributed by atoms with Crippen molar-refractivity contribution >= 4 is 5.82 Å². The number of nitriles is 1. The third kappa shape index (κ3) is 2.48. The maximum absolute atomic E-state index is 8.74. The summed E-state index contributed by atoms with van der Waals surface area (Å²) in [6.07, 6.45) is 3.68. The molecular formula is C14H16N6. The molecule has 0 radical (unpaired) electrons. The van der Waals surface area contributed by atoms with Crippen molar-refractivity contribution in [3.05, 3.63) is 35.5 Å². The van der Waals surface area contributed by atoms with Crippen molar-refractivity contribution in [3.63, 3.8) is 0 Å². The summed E-state index contributed by atoms with van der Waals surface area (Å²) in [5.74, 6) is 3.45. The highest BCUT2D eigenvalue weighted by Crippen LogP contribution is 2.20.